The topological polar surface area (TPSA) is 28.4 Å². The molecule has 1 aromatic rings. The summed E-state index contributed by atoms with van der Waals surface area (Å²) in [4.78, 5) is 2.56. The summed E-state index contributed by atoms with van der Waals surface area (Å²) in [6, 6.07) is 2.65. The molecule has 1 saturated heterocycles. The van der Waals surface area contributed by atoms with E-state index in [-0.39, 0.29) is 0 Å². The van der Waals surface area contributed by atoms with Gasteiger partial charge in [-0.2, -0.15) is 0 Å². The second-order valence-electron chi connectivity index (χ2n) is 4.15. The van der Waals surface area contributed by atoms with Gasteiger partial charge in [-0.1, -0.05) is 13.3 Å². The summed E-state index contributed by atoms with van der Waals surface area (Å²) < 4.78 is 5.19. The Morgan fingerprint density at radius 2 is 2.27 bits per heavy atom. The molecule has 1 aliphatic heterocycles. The van der Waals surface area contributed by atoms with Crippen molar-refractivity contribution in [3.05, 3.63) is 24.2 Å². The fraction of sp³-hybridized carbons (Fsp3) is 0.667. The van der Waals surface area contributed by atoms with E-state index in [9.17, 15) is 0 Å². The molecule has 15 heavy (non-hydrogen) atoms. The lowest BCUT2D eigenvalue weighted by Gasteiger charge is -2.34. The van der Waals surface area contributed by atoms with E-state index in [4.69, 9.17) is 4.42 Å². The molecule has 2 rings (SSSR count). The third-order valence-electron chi connectivity index (χ3n) is 3.08. The van der Waals surface area contributed by atoms with Crippen LogP contribution in [0.15, 0.2) is 23.0 Å². The Hall–Kier alpha value is -0.800. The molecule has 0 aliphatic carbocycles. The summed E-state index contributed by atoms with van der Waals surface area (Å²) in [5.41, 5.74) is 1.33. The Balaban J connectivity index is 2.04. The summed E-state index contributed by atoms with van der Waals surface area (Å²) in [6.07, 6.45) is 6.11. The SMILES string of the molecule is CCC[C@@H](c1ccoc1)N1CCNCC1. The van der Waals surface area contributed by atoms with Gasteiger partial charge in [-0.25, -0.2) is 0 Å². The van der Waals surface area contributed by atoms with Crippen molar-refractivity contribution in [2.24, 2.45) is 0 Å². The minimum Gasteiger partial charge on any atom is -0.472 e. The fourth-order valence-corrected chi connectivity index (χ4v) is 2.29. The standard InChI is InChI=1S/C12H20N2O/c1-2-3-12(11-4-9-15-10-11)14-7-5-13-6-8-14/h4,9-10,12-13H,2-3,5-8H2,1H3/t12-/m0/s1. The number of nitrogens with zero attached hydrogens (tertiary/aromatic N) is 1. The van der Waals surface area contributed by atoms with Crippen molar-refractivity contribution < 1.29 is 4.42 Å². The third-order valence-corrected chi connectivity index (χ3v) is 3.08. The smallest absolute Gasteiger partial charge is 0.0950 e. The first-order valence-electron chi connectivity index (χ1n) is 5.88. The van der Waals surface area contributed by atoms with Gasteiger partial charge in [0.25, 0.3) is 0 Å². The maximum Gasteiger partial charge on any atom is 0.0950 e. The Kier molecular flexibility index (Phi) is 3.80. The summed E-state index contributed by atoms with van der Waals surface area (Å²) >= 11 is 0. The van der Waals surface area contributed by atoms with Crippen LogP contribution < -0.4 is 5.32 Å². The number of rotatable bonds is 4. The summed E-state index contributed by atoms with van der Waals surface area (Å²) in [5.74, 6) is 0. The largest absolute Gasteiger partial charge is 0.472 e. The lowest BCUT2D eigenvalue weighted by molar-refractivity contribution is 0.164. The van der Waals surface area contributed by atoms with Crippen LogP contribution >= 0.6 is 0 Å². The van der Waals surface area contributed by atoms with E-state index in [1.807, 2.05) is 6.26 Å². The first kappa shape index (κ1) is 10.7. The lowest BCUT2D eigenvalue weighted by atomic mass is 10.0. The molecule has 0 radical (unpaired) electrons. The van der Waals surface area contributed by atoms with E-state index in [2.05, 4.69) is 23.2 Å². The van der Waals surface area contributed by atoms with Crippen LogP contribution in [0, 0.1) is 0 Å². The van der Waals surface area contributed by atoms with E-state index in [1.54, 1.807) is 6.26 Å². The van der Waals surface area contributed by atoms with Crippen molar-refractivity contribution in [3.63, 3.8) is 0 Å². The van der Waals surface area contributed by atoms with Crippen molar-refractivity contribution >= 4 is 0 Å². The number of nitrogens with one attached hydrogen (secondary N) is 1. The van der Waals surface area contributed by atoms with Crippen molar-refractivity contribution in [3.8, 4) is 0 Å². The zero-order valence-electron chi connectivity index (χ0n) is 9.41. The Bertz CT molecular complexity index is 265. The zero-order valence-corrected chi connectivity index (χ0v) is 9.41. The van der Waals surface area contributed by atoms with Gasteiger partial charge in [-0.15, -0.1) is 0 Å². The van der Waals surface area contributed by atoms with E-state index in [0.717, 1.165) is 26.2 Å². The molecule has 1 aromatic heterocycles. The van der Waals surface area contributed by atoms with Crippen LogP contribution in [0.2, 0.25) is 0 Å². The predicted octanol–water partition coefficient (Wildman–Crippen LogP) is 2.03. The van der Waals surface area contributed by atoms with Crippen LogP contribution in [0.4, 0.5) is 0 Å². The molecule has 3 nitrogen and oxygen atoms in total. The van der Waals surface area contributed by atoms with Gasteiger partial charge in [-0.3, -0.25) is 4.90 Å². The van der Waals surface area contributed by atoms with E-state index < -0.39 is 0 Å². The highest BCUT2D eigenvalue weighted by atomic mass is 16.3. The molecular weight excluding hydrogens is 188 g/mol. The monoisotopic (exact) mass is 208 g/mol. The van der Waals surface area contributed by atoms with Crippen molar-refractivity contribution in [2.45, 2.75) is 25.8 Å². The van der Waals surface area contributed by atoms with Gasteiger partial charge in [-0.05, 0) is 12.5 Å². The third kappa shape index (κ3) is 2.61. The molecule has 0 aromatic carbocycles. The normalized spacial score (nSPS) is 20.3. The molecule has 1 aliphatic rings. The first-order valence-corrected chi connectivity index (χ1v) is 5.88. The molecule has 0 saturated carbocycles. The minimum absolute atomic E-state index is 0.552. The molecule has 0 unspecified atom stereocenters. The van der Waals surface area contributed by atoms with Gasteiger partial charge < -0.3 is 9.73 Å². The number of furan rings is 1. The molecule has 0 amide bonds. The average molecular weight is 208 g/mol. The van der Waals surface area contributed by atoms with Crippen molar-refractivity contribution in [1.82, 2.24) is 10.2 Å². The molecule has 1 atom stereocenters. The molecule has 84 valence electrons. The molecular formula is C12H20N2O. The number of hydrogen-bond donors (Lipinski definition) is 1. The highest BCUT2D eigenvalue weighted by Crippen LogP contribution is 2.26. The van der Waals surface area contributed by atoms with Gasteiger partial charge >= 0.3 is 0 Å². The van der Waals surface area contributed by atoms with Gasteiger partial charge in [0.2, 0.25) is 0 Å². The number of hydrogen-bond acceptors (Lipinski definition) is 3. The van der Waals surface area contributed by atoms with Gasteiger partial charge in [0, 0.05) is 37.8 Å². The quantitative estimate of drug-likeness (QED) is 0.820. The maximum absolute atomic E-state index is 5.19. The van der Waals surface area contributed by atoms with Crippen LogP contribution in [0.25, 0.3) is 0 Å². The highest BCUT2D eigenvalue weighted by Gasteiger charge is 2.21. The van der Waals surface area contributed by atoms with E-state index >= 15 is 0 Å². The molecule has 2 heterocycles. The highest BCUT2D eigenvalue weighted by molar-refractivity contribution is 5.12. The average Bonchev–Trinajstić information content (AvgIpc) is 2.80. The van der Waals surface area contributed by atoms with Gasteiger partial charge in [0.15, 0.2) is 0 Å². The van der Waals surface area contributed by atoms with Crippen LogP contribution in [0.5, 0.6) is 0 Å². The lowest BCUT2D eigenvalue weighted by Crippen LogP contribution is -2.45. The molecule has 0 bridgehead atoms. The zero-order chi connectivity index (χ0) is 10.5. The minimum atomic E-state index is 0.552. The van der Waals surface area contributed by atoms with Crippen molar-refractivity contribution in [2.75, 3.05) is 26.2 Å². The second-order valence-corrected chi connectivity index (χ2v) is 4.15. The van der Waals surface area contributed by atoms with E-state index in [1.165, 1.54) is 18.4 Å². The van der Waals surface area contributed by atoms with Crippen LogP contribution in [0.3, 0.4) is 0 Å². The molecule has 1 fully saturated rings. The van der Waals surface area contributed by atoms with Gasteiger partial charge in [0.05, 0.1) is 12.5 Å². The Labute approximate surface area is 91.4 Å². The van der Waals surface area contributed by atoms with Crippen molar-refractivity contribution in [1.29, 1.82) is 0 Å². The van der Waals surface area contributed by atoms with Crippen LogP contribution in [-0.4, -0.2) is 31.1 Å². The van der Waals surface area contributed by atoms with E-state index in [0.29, 0.717) is 6.04 Å². The summed E-state index contributed by atoms with van der Waals surface area (Å²) in [7, 11) is 0. The van der Waals surface area contributed by atoms with Crippen LogP contribution in [0.1, 0.15) is 31.4 Å². The second kappa shape index (κ2) is 5.33. The van der Waals surface area contributed by atoms with Crippen LogP contribution in [-0.2, 0) is 0 Å². The predicted molar refractivity (Wildman–Crippen MR) is 60.8 cm³/mol. The number of piperazine rings is 1. The summed E-state index contributed by atoms with van der Waals surface area (Å²) in [6.45, 7) is 6.76. The van der Waals surface area contributed by atoms with Gasteiger partial charge in [0.1, 0.15) is 0 Å². The first-order chi connectivity index (χ1) is 7.42. The summed E-state index contributed by atoms with van der Waals surface area (Å²) in [5, 5.41) is 3.39. The molecule has 1 N–H and O–H groups in total. The Morgan fingerprint density at radius 1 is 1.47 bits per heavy atom. The maximum atomic E-state index is 5.19. The molecule has 0 spiro atoms. The Morgan fingerprint density at radius 3 is 2.87 bits per heavy atom. The fourth-order valence-electron chi connectivity index (χ4n) is 2.29. The molecule has 3 heteroatoms.